The standard InChI is InChI=1S/C38H45BrN6O8/c1-4-6-17-29(47)40-27(22-51-3)32(24-13-8-7-9-14-24)52-37(50)30-31-35(48)44(19-12-20-46)34(38(31)21-25(39)33(30)53-38)36(49)43(18-5-2)23-45-28-16-11-10-15-26(28)41-42-45/h4-5,7-11,13-16,25,27,30-34,46H,1-2,6,12,17-23H2,3H3,(H,40,47)/t25?,27-,30-,31+,32-,33-,34-,38+/m0/s1. The Morgan fingerprint density at radius 2 is 1.92 bits per heavy atom. The summed E-state index contributed by atoms with van der Waals surface area (Å²) in [5.74, 6) is -3.90. The molecule has 2 aromatic carbocycles. The van der Waals surface area contributed by atoms with E-state index in [1.54, 1.807) is 41.1 Å². The maximum Gasteiger partial charge on any atom is 0.313 e. The molecular weight excluding hydrogens is 748 g/mol. The van der Waals surface area contributed by atoms with Crippen LogP contribution in [0.25, 0.3) is 11.0 Å². The molecule has 6 rings (SSSR count). The molecule has 3 aromatic rings. The van der Waals surface area contributed by atoms with E-state index in [0.29, 0.717) is 17.5 Å². The average molecular weight is 794 g/mol. The Labute approximate surface area is 316 Å². The summed E-state index contributed by atoms with van der Waals surface area (Å²) >= 11 is 3.72. The molecule has 0 radical (unpaired) electrons. The number of esters is 1. The highest BCUT2D eigenvalue weighted by molar-refractivity contribution is 9.09. The van der Waals surface area contributed by atoms with E-state index in [4.69, 9.17) is 14.2 Å². The van der Waals surface area contributed by atoms with Crippen LogP contribution >= 0.6 is 15.9 Å². The van der Waals surface area contributed by atoms with Gasteiger partial charge < -0.3 is 34.4 Å². The monoisotopic (exact) mass is 792 g/mol. The van der Waals surface area contributed by atoms with Crippen molar-refractivity contribution < 1.29 is 38.5 Å². The van der Waals surface area contributed by atoms with Gasteiger partial charge in [-0.3, -0.25) is 19.2 Å². The van der Waals surface area contributed by atoms with Crippen LogP contribution in [0.2, 0.25) is 0 Å². The Hall–Kier alpha value is -4.44. The molecular formula is C38H45BrN6O8. The Bertz CT molecular complexity index is 1820. The van der Waals surface area contributed by atoms with Crippen LogP contribution in [0.15, 0.2) is 79.9 Å². The van der Waals surface area contributed by atoms with E-state index in [-0.39, 0.29) is 63.0 Å². The zero-order chi connectivity index (χ0) is 37.7. The molecule has 282 valence electrons. The van der Waals surface area contributed by atoms with Gasteiger partial charge in [0.2, 0.25) is 17.7 Å². The molecule has 53 heavy (non-hydrogen) atoms. The Morgan fingerprint density at radius 1 is 1.17 bits per heavy atom. The molecule has 1 unspecified atom stereocenters. The predicted molar refractivity (Wildman–Crippen MR) is 197 cm³/mol. The first-order chi connectivity index (χ1) is 25.7. The van der Waals surface area contributed by atoms with Crippen LogP contribution in [-0.2, 0) is 40.1 Å². The Kier molecular flexibility index (Phi) is 12.1. The summed E-state index contributed by atoms with van der Waals surface area (Å²) in [7, 11) is 1.49. The number of likely N-dealkylation sites (tertiary alicyclic amines) is 1. The number of aliphatic hydroxyl groups is 1. The predicted octanol–water partition coefficient (Wildman–Crippen LogP) is 2.92. The van der Waals surface area contributed by atoms with Gasteiger partial charge >= 0.3 is 5.97 Å². The molecule has 0 saturated carbocycles. The van der Waals surface area contributed by atoms with Crippen molar-refractivity contribution in [1.29, 1.82) is 0 Å². The number of para-hydroxylation sites is 1. The molecule has 3 amide bonds. The zero-order valence-corrected chi connectivity index (χ0v) is 31.2. The number of halogens is 1. The van der Waals surface area contributed by atoms with Crippen LogP contribution in [0.4, 0.5) is 0 Å². The number of benzene rings is 2. The highest BCUT2D eigenvalue weighted by atomic mass is 79.9. The fourth-order valence-corrected chi connectivity index (χ4v) is 8.96. The molecule has 14 nitrogen and oxygen atoms in total. The number of carbonyl (C=O) groups is 4. The van der Waals surface area contributed by atoms with Gasteiger partial charge in [0.15, 0.2) is 0 Å². The van der Waals surface area contributed by atoms with Gasteiger partial charge in [0.05, 0.1) is 36.1 Å². The summed E-state index contributed by atoms with van der Waals surface area (Å²) in [4.78, 5) is 59.4. The maximum atomic E-state index is 14.8. The third-order valence-corrected chi connectivity index (χ3v) is 11.1. The number of allylic oxidation sites excluding steroid dienone is 1. The van der Waals surface area contributed by atoms with Crippen molar-refractivity contribution in [3.05, 3.63) is 85.5 Å². The number of carbonyl (C=O) groups excluding carboxylic acids is 4. The second-order valence-electron chi connectivity index (χ2n) is 13.6. The van der Waals surface area contributed by atoms with E-state index in [2.05, 4.69) is 44.7 Å². The minimum Gasteiger partial charge on any atom is -0.455 e. The molecule has 0 aliphatic carbocycles. The molecule has 3 fully saturated rings. The summed E-state index contributed by atoms with van der Waals surface area (Å²) in [6.07, 6.45) is 2.64. The lowest BCUT2D eigenvalue weighted by Crippen LogP contribution is -2.57. The van der Waals surface area contributed by atoms with Gasteiger partial charge in [-0.05, 0) is 37.0 Å². The summed E-state index contributed by atoms with van der Waals surface area (Å²) in [5.41, 5.74) is 0.639. The van der Waals surface area contributed by atoms with E-state index >= 15 is 0 Å². The van der Waals surface area contributed by atoms with Crippen LogP contribution in [-0.4, -0.2) is 116 Å². The second kappa shape index (κ2) is 16.7. The highest BCUT2D eigenvalue weighted by Crippen LogP contribution is 2.60. The number of rotatable bonds is 18. The van der Waals surface area contributed by atoms with Gasteiger partial charge in [-0.15, -0.1) is 18.3 Å². The zero-order valence-electron chi connectivity index (χ0n) is 29.6. The SMILES string of the molecule is C=CCCC(=O)N[C@@H](COC)[C@@H](OC(=O)[C@@H]1[C@H]2O[C@@]3(CC2Br)[C@H](C(=O)N(CC=C)Cn2nnc4ccccc42)N(CCCO)C(=O)[C@@H]13)c1ccccc1. The molecule has 3 aliphatic rings. The highest BCUT2D eigenvalue weighted by Gasteiger charge is 2.77. The van der Waals surface area contributed by atoms with Crippen LogP contribution in [0.3, 0.4) is 0 Å². The van der Waals surface area contributed by atoms with Crippen molar-refractivity contribution in [1.82, 2.24) is 30.1 Å². The molecule has 3 aliphatic heterocycles. The molecule has 8 atom stereocenters. The third-order valence-electron chi connectivity index (χ3n) is 10.2. The van der Waals surface area contributed by atoms with Crippen molar-refractivity contribution >= 4 is 50.7 Å². The Balaban J connectivity index is 1.33. The van der Waals surface area contributed by atoms with Crippen LogP contribution in [0.1, 0.15) is 37.4 Å². The van der Waals surface area contributed by atoms with Crippen molar-refractivity contribution in [3.8, 4) is 0 Å². The molecule has 4 heterocycles. The Morgan fingerprint density at radius 3 is 2.64 bits per heavy atom. The first kappa shape index (κ1) is 38.3. The van der Waals surface area contributed by atoms with E-state index in [1.165, 1.54) is 16.9 Å². The number of aromatic nitrogens is 3. The first-order valence-corrected chi connectivity index (χ1v) is 18.7. The van der Waals surface area contributed by atoms with E-state index in [0.717, 1.165) is 5.52 Å². The number of hydrogen-bond acceptors (Lipinski definition) is 10. The van der Waals surface area contributed by atoms with E-state index in [1.807, 2.05) is 30.3 Å². The lowest BCUT2D eigenvalue weighted by atomic mass is 9.70. The molecule has 2 N–H and O–H groups in total. The number of fused-ring (bicyclic) bond motifs is 2. The number of nitrogens with zero attached hydrogens (tertiary/aromatic N) is 5. The van der Waals surface area contributed by atoms with Gasteiger partial charge in [0, 0.05) is 38.1 Å². The lowest BCUT2D eigenvalue weighted by molar-refractivity contribution is -0.163. The van der Waals surface area contributed by atoms with Crippen molar-refractivity contribution in [2.75, 3.05) is 33.4 Å². The van der Waals surface area contributed by atoms with Crippen LogP contribution < -0.4 is 5.32 Å². The summed E-state index contributed by atoms with van der Waals surface area (Å²) in [5, 5.41) is 21.2. The number of alkyl halides is 1. The van der Waals surface area contributed by atoms with Crippen LogP contribution in [0.5, 0.6) is 0 Å². The van der Waals surface area contributed by atoms with Gasteiger partial charge in [-0.1, -0.05) is 75.8 Å². The molecule has 1 aromatic heterocycles. The van der Waals surface area contributed by atoms with E-state index < -0.39 is 59.5 Å². The number of methoxy groups -OCH3 is 1. The number of amides is 3. The molecule has 15 heteroatoms. The fourth-order valence-electron chi connectivity index (χ4n) is 8.01. The number of hydrogen-bond donors (Lipinski definition) is 2. The topological polar surface area (TPSA) is 165 Å². The maximum absolute atomic E-state index is 14.8. The van der Waals surface area contributed by atoms with Gasteiger partial charge in [0.25, 0.3) is 0 Å². The largest absolute Gasteiger partial charge is 0.455 e. The summed E-state index contributed by atoms with van der Waals surface area (Å²) < 4.78 is 20.1. The molecule has 3 saturated heterocycles. The van der Waals surface area contributed by atoms with Gasteiger partial charge in [-0.25, -0.2) is 4.68 Å². The molecule has 2 bridgehead atoms. The smallest absolute Gasteiger partial charge is 0.313 e. The molecule has 1 spiro atoms. The van der Waals surface area contributed by atoms with Crippen molar-refractivity contribution in [3.63, 3.8) is 0 Å². The minimum atomic E-state index is -1.37. The summed E-state index contributed by atoms with van der Waals surface area (Å²) in [6.45, 7) is 7.61. The van der Waals surface area contributed by atoms with Crippen molar-refractivity contribution in [2.24, 2.45) is 11.8 Å². The van der Waals surface area contributed by atoms with Crippen molar-refractivity contribution in [2.45, 2.75) is 67.1 Å². The normalized spacial score (nSPS) is 25.5. The number of aliphatic hydroxyl groups excluding tert-OH is 1. The van der Waals surface area contributed by atoms with Crippen LogP contribution in [0, 0.1) is 11.8 Å². The lowest BCUT2D eigenvalue weighted by Gasteiger charge is -2.37. The fraction of sp³-hybridized carbons (Fsp3) is 0.474. The third kappa shape index (κ3) is 7.39. The first-order valence-electron chi connectivity index (χ1n) is 17.7. The number of nitrogens with one attached hydrogen (secondary N) is 1. The quantitative estimate of drug-likeness (QED) is 0.111. The number of ether oxygens (including phenoxy) is 3. The second-order valence-corrected chi connectivity index (χ2v) is 14.7. The van der Waals surface area contributed by atoms with E-state index in [9.17, 15) is 24.3 Å². The summed E-state index contributed by atoms with van der Waals surface area (Å²) in [6, 6.07) is 14.5. The minimum absolute atomic E-state index is 0.0233. The van der Waals surface area contributed by atoms with Gasteiger partial charge in [0.1, 0.15) is 29.9 Å². The average Bonchev–Trinajstić information content (AvgIpc) is 3.88. The van der Waals surface area contributed by atoms with Gasteiger partial charge in [-0.2, -0.15) is 0 Å².